The average molecular weight is 309 g/mol. The highest BCUT2D eigenvalue weighted by atomic mass is 79.9. The molecule has 2 rings (SSSR count). The second-order valence-electron chi connectivity index (χ2n) is 3.19. The smallest absolute Gasteiger partial charge is 0.450 e. The van der Waals surface area contributed by atoms with E-state index in [0.29, 0.717) is 8.87 Å². The number of carboxylic acid groups (broad SMARTS) is 1. The zero-order valence-corrected chi connectivity index (χ0v) is 9.58. The SMILES string of the molecule is O=C(O)c1nc(C(F)(F)F)n2ccc(Br)cc12. The van der Waals surface area contributed by atoms with E-state index in [4.69, 9.17) is 5.11 Å². The third-order valence-corrected chi connectivity index (χ3v) is 2.55. The van der Waals surface area contributed by atoms with Gasteiger partial charge in [-0.2, -0.15) is 13.2 Å². The van der Waals surface area contributed by atoms with E-state index in [1.165, 1.54) is 12.1 Å². The van der Waals surface area contributed by atoms with Crippen molar-refractivity contribution in [2.24, 2.45) is 0 Å². The molecule has 0 aliphatic heterocycles. The molecule has 4 nitrogen and oxygen atoms in total. The minimum Gasteiger partial charge on any atom is -0.476 e. The summed E-state index contributed by atoms with van der Waals surface area (Å²) in [5.41, 5.74) is -0.738. The van der Waals surface area contributed by atoms with Crippen LogP contribution in [0.1, 0.15) is 16.3 Å². The van der Waals surface area contributed by atoms with Crippen molar-refractivity contribution >= 4 is 27.4 Å². The van der Waals surface area contributed by atoms with Gasteiger partial charge in [-0.3, -0.25) is 4.40 Å². The van der Waals surface area contributed by atoms with Crippen LogP contribution >= 0.6 is 15.9 Å². The van der Waals surface area contributed by atoms with E-state index in [0.717, 1.165) is 6.20 Å². The Morgan fingerprint density at radius 3 is 2.65 bits per heavy atom. The number of hydrogen-bond acceptors (Lipinski definition) is 2. The van der Waals surface area contributed by atoms with Gasteiger partial charge in [0.2, 0.25) is 5.82 Å². The van der Waals surface area contributed by atoms with E-state index in [1.54, 1.807) is 0 Å². The monoisotopic (exact) mass is 308 g/mol. The molecule has 90 valence electrons. The van der Waals surface area contributed by atoms with Gasteiger partial charge in [0.1, 0.15) is 0 Å². The minimum atomic E-state index is -4.70. The van der Waals surface area contributed by atoms with Gasteiger partial charge in [0.25, 0.3) is 0 Å². The Morgan fingerprint density at radius 1 is 1.47 bits per heavy atom. The Kier molecular flexibility index (Phi) is 2.61. The maximum atomic E-state index is 12.6. The summed E-state index contributed by atoms with van der Waals surface area (Å²) in [4.78, 5) is 13.9. The highest BCUT2D eigenvalue weighted by Gasteiger charge is 2.38. The maximum Gasteiger partial charge on any atom is 0.450 e. The van der Waals surface area contributed by atoms with Crippen molar-refractivity contribution in [2.75, 3.05) is 0 Å². The molecule has 0 amide bonds. The molecule has 0 saturated heterocycles. The van der Waals surface area contributed by atoms with Crippen LogP contribution in [0.2, 0.25) is 0 Å². The fourth-order valence-electron chi connectivity index (χ4n) is 1.42. The highest BCUT2D eigenvalue weighted by molar-refractivity contribution is 9.10. The van der Waals surface area contributed by atoms with E-state index >= 15 is 0 Å². The summed E-state index contributed by atoms with van der Waals surface area (Å²) >= 11 is 3.06. The van der Waals surface area contributed by atoms with Crippen molar-refractivity contribution in [2.45, 2.75) is 6.18 Å². The molecule has 17 heavy (non-hydrogen) atoms. The quantitative estimate of drug-likeness (QED) is 0.881. The first-order chi connectivity index (χ1) is 7.80. The molecule has 0 aliphatic carbocycles. The molecule has 0 aliphatic rings. The van der Waals surface area contributed by atoms with Gasteiger partial charge in [-0.25, -0.2) is 9.78 Å². The lowest BCUT2D eigenvalue weighted by Crippen LogP contribution is -2.10. The summed E-state index contributed by atoms with van der Waals surface area (Å²) in [6.45, 7) is 0. The van der Waals surface area contributed by atoms with E-state index < -0.39 is 23.7 Å². The standard InChI is InChI=1S/C9H4BrF3N2O2/c10-4-1-2-15-5(3-4)6(7(16)17)14-8(15)9(11,12)13/h1-3H,(H,16,17). The van der Waals surface area contributed by atoms with E-state index in [9.17, 15) is 18.0 Å². The van der Waals surface area contributed by atoms with Crippen LogP contribution in [0.25, 0.3) is 5.52 Å². The van der Waals surface area contributed by atoms with Gasteiger partial charge in [-0.1, -0.05) is 15.9 Å². The Bertz CT molecular complexity index is 606. The molecule has 0 atom stereocenters. The van der Waals surface area contributed by atoms with Gasteiger partial charge in [-0.15, -0.1) is 0 Å². The van der Waals surface area contributed by atoms with Gasteiger partial charge in [0, 0.05) is 10.7 Å². The molecule has 0 radical (unpaired) electrons. The molecule has 1 N–H and O–H groups in total. The van der Waals surface area contributed by atoms with Crippen LogP contribution in [0.3, 0.4) is 0 Å². The van der Waals surface area contributed by atoms with Crippen molar-refractivity contribution in [1.29, 1.82) is 0 Å². The molecule has 0 unspecified atom stereocenters. The lowest BCUT2D eigenvalue weighted by atomic mass is 10.3. The molecular weight excluding hydrogens is 305 g/mol. The minimum absolute atomic E-state index is 0.112. The number of carboxylic acids is 1. The van der Waals surface area contributed by atoms with Crippen LogP contribution in [-0.4, -0.2) is 20.5 Å². The van der Waals surface area contributed by atoms with Crippen LogP contribution in [-0.2, 0) is 6.18 Å². The Balaban J connectivity index is 2.85. The topological polar surface area (TPSA) is 54.6 Å². The summed E-state index contributed by atoms with van der Waals surface area (Å²) in [5, 5.41) is 8.79. The van der Waals surface area contributed by atoms with Gasteiger partial charge in [0.15, 0.2) is 5.69 Å². The molecular formula is C9H4BrF3N2O2. The molecule has 0 bridgehead atoms. The molecule has 2 heterocycles. The predicted octanol–water partition coefficient (Wildman–Crippen LogP) is 2.81. The lowest BCUT2D eigenvalue weighted by Gasteiger charge is -2.04. The van der Waals surface area contributed by atoms with Crippen LogP contribution in [0.5, 0.6) is 0 Å². The van der Waals surface area contributed by atoms with Crippen molar-refractivity contribution < 1.29 is 23.1 Å². The number of aromatic carboxylic acids is 1. The molecule has 0 spiro atoms. The Morgan fingerprint density at radius 2 is 2.12 bits per heavy atom. The van der Waals surface area contributed by atoms with Crippen molar-refractivity contribution in [3.8, 4) is 0 Å². The summed E-state index contributed by atoms with van der Waals surface area (Å²) in [6, 6.07) is 2.64. The molecule has 2 aromatic rings. The Labute approximate surface area is 101 Å². The zero-order chi connectivity index (χ0) is 12.8. The number of halogens is 4. The molecule has 2 aromatic heterocycles. The van der Waals surface area contributed by atoms with Crippen molar-refractivity contribution in [3.63, 3.8) is 0 Å². The number of fused-ring (bicyclic) bond motifs is 1. The summed E-state index contributed by atoms with van der Waals surface area (Å²) in [5.74, 6) is -2.76. The Hall–Kier alpha value is -1.57. The number of alkyl halides is 3. The van der Waals surface area contributed by atoms with E-state index in [-0.39, 0.29) is 5.52 Å². The third-order valence-electron chi connectivity index (χ3n) is 2.06. The largest absolute Gasteiger partial charge is 0.476 e. The van der Waals surface area contributed by atoms with Gasteiger partial charge in [-0.05, 0) is 12.1 Å². The zero-order valence-electron chi connectivity index (χ0n) is 7.99. The number of imidazole rings is 1. The third kappa shape index (κ3) is 1.99. The van der Waals surface area contributed by atoms with Crippen LogP contribution < -0.4 is 0 Å². The number of hydrogen-bond donors (Lipinski definition) is 1. The number of nitrogens with zero attached hydrogens (tertiary/aromatic N) is 2. The normalized spacial score (nSPS) is 12.0. The van der Waals surface area contributed by atoms with Crippen molar-refractivity contribution in [1.82, 2.24) is 9.38 Å². The van der Waals surface area contributed by atoms with Crippen molar-refractivity contribution in [3.05, 3.63) is 34.3 Å². The second-order valence-corrected chi connectivity index (χ2v) is 4.10. The summed E-state index contributed by atoms with van der Waals surface area (Å²) in [7, 11) is 0. The summed E-state index contributed by atoms with van der Waals surface area (Å²) < 4.78 is 39.0. The second kappa shape index (κ2) is 3.73. The fraction of sp³-hybridized carbons (Fsp3) is 0.111. The molecule has 0 saturated carbocycles. The maximum absolute atomic E-state index is 12.6. The number of aromatic nitrogens is 2. The highest BCUT2D eigenvalue weighted by Crippen LogP contribution is 2.31. The van der Waals surface area contributed by atoms with Crippen LogP contribution in [0, 0.1) is 0 Å². The van der Waals surface area contributed by atoms with Gasteiger partial charge >= 0.3 is 12.1 Å². The number of pyridine rings is 1. The first kappa shape index (κ1) is 11.9. The average Bonchev–Trinajstić information content (AvgIpc) is 2.55. The van der Waals surface area contributed by atoms with E-state index in [2.05, 4.69) is 20.9 Å². The van der Waals surface area contributed by atoms with E-state index in [1.807, 2.05) is 0 Å². The number of rotatable bonds is 1. The summed E-state index contributed by atoms with van der Waals surface area (Å²) in [6.07, 6.45) is -3.59. The first-order valence-electron chi connectivity index (χ1n) is 4.29. The van der Waals surface area contributed by atoms with Crippen LogP contribution in [0.4, 0.5) is 13.2 Å². The van der Waals surface area contributed by atoms with Gasteiger partial charge in [0.05, 0.1) is 5.52 Å². The van der Waals surface area contributed by atoms with Gasteiger partial charge < -0.3 is 5.11 Å². The van der Waals surface area contributed by atoms with Crippen LogP contribution in [0.15, 0.2) is 22.8 Å². The number of carbonyl (C=O) groups is 1. The molecule has 8 heteroatoms. The molecule has 0 aromatic carbocycles. The molecule has 0 fully saturated rings. The lowest BCUT2D eigenvalue weighted by molar-refractivity contribution is -0.145. The first-order valence-corrected chi connectivity index (χ1v) is 5.08. The predicted molar refractivity (Wildman–Crippen MR) is 54.9 cm³/mol. The fourth-order valence-corrected chi connectivity index (χ4v) is 1.75.